The van der Waals surface area contributed by atoms with Gasteiger partial charge in [0.2, 0.25) is 0 Å². The number of hydrogen-bond donors (Lipinski definition) is 1. The van der Waals surface area contributed by atoms with E-state index in [4.69, 9.17) is 9.84 Å². The summed E-state index contributed by atoms with van der Waals surface area (Å²) in [5.41, 5.74) is 1.85. The van der Waals surface area contributed by atoms with Crippen LogP contribution in [0.2, 0.25) is 0 Å². The van der Waals surface area contributed by atoms with E-state index in [0.29, 0.717) is 0 Å². The molecule has 0 aromatic heterocycles. The maximum atomic E-state index is 10.6. The topological polar surface area (TPSA) is 49.8 Å². The van der Waals surface area contributed by atoms with Gasteiger partial charge in [0, 0.05) is 11.5 Å². The lowest BCUT2D eigenvalue weighted by atomic mass is 9.64. The average Bonchev–Trinajstić information content (AvgIpc) is 3.03. The Morgan fingerprint density at radius 3 is 2.39 bits per heavy atom. The number of aliphatic carboxylic acids is 1. The van der Waals surface area contributed by atoms with Crippen LogP contribution in [-0.4, -0.2) is 22.3 Å². The lowest BCUT2D eigenvalue weighted by molar-refractivity contribution is -0.131. The Bertz CT molecular complexity index is 606. The number of carboxylic acid groups (broad SMARTS) is 1. The molecule has 1 aliphatic carbocycles. The maximum absolute atomic E-state index is 10.6. The second-order valence-corrected chi connectivity index (χ2v) is 7.64. The van der Waals surface area contributed by atoms with Crippen molar-refractivity contribution in [3.05, 3.63) is 47.6 Å². The fourth-order valence-corrected chi connectivity index (χ4v) is 3.81. The molecule has 1 heterocycles. The van der Waals surface area contributed by atoms with Crippen LogP contribution in [0, 0.1) is 5.41 Å². The Hall–Kier alpha value is -1.61. The van der Waals surface area contributed by atoms with Crippen molar-refractivity contribution in [3.8, 4) is 0 Å². The predicted molar refractivity (Wildman–Crippen MR) is 93.3 cm³/mol. The second-order valence-electron chi connectivity index (χ2n) is 7.64. The molecule has 126 valence electrons. The van der Waals surface area contributed by atoms with E-state index in [9.17, 15) is 4.79 Å². The highest BCUT2D eigenvalue weighted by Gasteiger charge is 2.73. The summed E-state index contributed by atoms with van der Waals surface area (Å²) in [6.07, 6.45) is 14.8. The normalized spacial score (nSPS) is 34.0. The SMILES string of the molecule is CC(/C=C/[C@]12O[C@]1(C)CCCC2(C)C)=C\C=C\C(C)=C\C(=O)O. The van der Waals surface area contributed by atoms with Crippen molar-refractivity contribution < 1.29 is 14.6 Å². The zero-order valence-electron chi connectivity index (χ0n) is 14.8. The molecule has 3 nitrogen and oxygen atoms in total. The average molecular weight is 316 g/mol. The first-order valence-electron chi connectivity index (χ1n) is 8.28. The van der Waals surface area contributed by atoms with Gasteiger partial charge >= 0.3 is 5.97 Å². The third-order valence-corrected chi connectivity index (χ3v) is 5.24. The largest absolute Gasteiger partial charge is 0.478 e. The van der Waals surface area contributed by atoms with Gasteiger partial charge in [-0.15, -0.1) is 0 Å². The molecule has 2 aliphatic rings. The van der Waals surface area contributed by atoms with Crippen molar-refractivity contribution in [1.29, 1.82) is 0 Å². The molecule has 23 heavy (non-hydrogen) atoms. The van der Waals surface area contributed by atoms with Crippen LogP contribution >= 0.6 is 0 Å². The van der Waals surface area contributed by atoms with Crippen LogP contribution in [0.5, 0.6) is 0 Å². The van der Waals surface area contributed by atoms with Crippen LogP contribution in [0.15, 0.2) is 47.6 Å². The number of epoxide rings is 1. The van der Waals surface area contributed by atoms with Gasteiger partial charge < -0.3 is 9.84 Å². The number of allylic oxidation sites excluding steroid dienone is 6. The van der Waals surface area contributed by atoms with Crippen LogP contribution in [0.3, 0.4) is 0 Å². The third kappa shape index (κ3) is 3.50. The predicted octanol–water partition coefficient (Wildman–Crippen LogP) is 4.81. The molecular formula is C20H28O3. The van der Waals surface area contributed by atoms with Crippen LogP contribution in [-0.2, 0) is 9.53 Å². The Morgan fingerprint density at radius 2 is 1.78 bits per heavy atom. The van der Waals surface area contributed by atoms with Crippen molar-refractivity contribution in [2.75, 3.05) is 0 Å². The van der Waals surface area contributed by atoms with E-state index in [0.717, 1.165) is 17.6 Å². The molecule has 1 saturated heterocycles. The van der Waals surface area contributed by atoms with Crippen molar-refractivity contribution >= 4 is 5.97 Å². The van der Waals surface area contributed by atoms with Gasteiger partial charge in [0.15, 0.2) is 0 Å². The highest BCUT2D eigenvalue weighted by Crippen LogP contribution is 2.66. The molecule has 2 atom stereocenters. The first-order valence-corrected chi connectivity index (χ1v) is 8.28. The summed E-state index contributed by atoms with van der Waals surface area (Å²) in [4.78, 5) is 10.6. The summed E-state index contributed by atoms with van der Waals surface area (Å²) in [5, 5.41) is 8.68. The van der Waals surface area contributed by atoms with Crippen LogP contribution < -0.4 is 0 Å². The Balaban J connectivity index is 2.07. The highest BCUT2D eigenvalue weighted by atomic mass is 16.6. The molecule has 2 rings (SSSR count). The van der Waals surface area contributed by atoms with Crippen molar-refractivity contribution in [1.82, 2.24) is 0 Å². The smallest absolute Gasteiger partial charge is 0.328 e. The van der Waals surface area contributed by atoms with Gasteiger partial charge in [-0.2, -0.15) is 0 Å². The fourth-order valence-electron chi connectivity index (χ4n) is 3.81. The van der Waals surface area contributed by atoms with Gasteiger partial charge in [-0.05, 0) is 51.7 Å². The summed E-state index contributed by atoms with van der Waals surface area (Å²) in [6.45, 7) is 10.6. The van der Waals surface area contributed by atoms with E-state index < -0.39 is 5.97 Å². The number of carbonyl (C=O) groups is 1. The Morgan fingerprint density at radius 1 is 1.09 bits per heavy atom. The highest BCUT2D eigenvalue weighted by molar-refractivity contribution is 5.81. The zero-order chi connectivity index (χ0) is 17.3. The van der Waals surface area contributed by atoms with Gasteiger partial charge in [-0.25, -0.2) is 4.79 Å². The zero-order valence-corrected chi connectivity index (χ0v) is 14.8. The van der Waals surface area contributed by atoms with Crippen LogP contribution in [0.1, 0.15) is 53.9 Å². The van der Waals surface area contributed by atoms with E-state index >= 15 is 0 Å². The molecule has 0 unspecified atom stereocenters. The minimum absolute atomic E-state index is 0.0117. The number of hydrogen-bond acceptors (Lipinski definition) is 2. The maximum Gasteiger partial charge on any atom is 0.328 e. The van der Waals surface area contributed by atoms with E-state index in [1.807, 2.05) is 19.1 Å². The number of carboxylic acids is 1. The van der Waals surface area contributed by atoms with Gasteiger partial charge in [-0.3, -0.25) is 0 Å². The summed E-state index contributed by atoms with van der Waals surface area (Å²) >= 11 is 0. The lowest BCUT2D eigenvalue weighted by Crippen LogP contribution is -2.41. The van der Waals surface area contributed by atoms with Gasteiger partial charge in [0.25, 0.3) is 0 Å². The van der Waals surface area contributed by atoms with E-state index in [2.05, 4.69) is 32.9 Å². The van der Waals surface area contributed by atoms with Crippen molar-refractivity contribution in [2.45, 2.75) is 65.1 Å². The first kappa shape index (κ1) is 17.7. The van der Waals surface area contributed by atoms with Crippen LogP contribution in [0.4, 0.5) is 0 Å². The molecule has 0 amide bonds. The number of rotatable bonds is 5. The monoisotopic (exact) mass is 316 g/mol. The third-order valence-electron chi connectivity index (χ3n) is 5.24. The van der Waals surface area contributed by atoms with Crippen LogP contribution in [0.25, 0.3) is 0 Å². The minimum Gasteiger partial charge on any atom is -0.478 e. The number of ether oxygens (including phenoxy) is 1. The summed E-state index contributed by atoms with van der Waals surface area (Å²) in [6, 6.07) is 0. The fraction of sp³-hybridized carbons (Fsp3) is 0.550. The molecule has 0 aromatic rings. The van der Waals surface area contributed by atoms with Crippen molar-refractivity contribution in [3.63, 3.8) is 0 Å². The van der Waals surface area contributed by atoms with E-state index in [1.165, 1.54) is 18.9 Å². The Labute approximate surface area is 139 Å². The summed E-state index contributed by atoms with van der Waals surface area (Å²) in [5.74, 6) is -0.920. The Kier molecular flexibility index (Phi) is 4.72. The second kappa shape index (κ2) is 6.12. The molecule has 0 spiro atoms. The minimum atomic E-state index is -0.920. The quantitative estimate of drug-likeness (QED) is 0.450. The molecule has 1 aliphatic heterocycles. The summed E-state index contributed by atoms with van der Waals surface area (Å²) < 4.78 is 6.20. The molecular weight excluding hydrogens is 288 g/mol. The van der Waals surface area contributed by atoms with E-state index in [1.54, 1.807) is 13.0 Å². The molecule has 0 aromatic carbocycles. The lowest BCUT2D eigenvalue weighted by Gasteiger charge is -2.36. The van der Waals surface area contributed by atoms with Gasteiger partial charge in [0.1, 0.15) is 5.60 Å². The van der Waals surface area contributed by atoms with E-state index in [-0.39, 0.29) is 16.6 Å². The van der Waals surface area contributed by atoms with Crippen molar-refractivity contribution in [2.24, 2.45) is 5.41 Å². The molecule has 3 heteroatoms. The molecule has 0 radical (unpaired) electrons. The number of fused-ring (bicyclic) bond motifs is 1. The molecule has 1 N–H and O–H groups in total. The molecule has 0 bridgehead atoms. The molecule has 2 fully saturated rings. The standard InChI is InChI=1S/C20H28O3/c1-15(8-6-9-16(2)14-17(21)22)10-13-20-18(3,4)11-7-12-19(20,5)23-20/h6,8-10,13-14H,7,11-12H2,1-5H3,(H,21,22)/b9-6+,13-10+,15-8+,16-14+/t19-,20-/m1/s1. The first-order chi connectivity index (χ1) is 10.6. The van der Waals surface area contributed by atoms with Gasteiger partial charge in [-0.1, -0.05) is 43.7 Å². The van der Waals surface area contributed by atoms with Gasteiger partial charge in [0.05, 0.1) is 5.60 Å². The molecule has 1 saturated carbocycles. The summed E-state index contributed by atoms with van der Waals surface area (Å²) in [7, 11) is 0.